The van der Waals surface area contributed by atoms with Crippen LogP contribution in [0.4, 0.5) is 5.69 Å². The maximum atomic E-state index is 12.0. The number of carboxylic acids is 1. The van der Waals surface area contributed by atoms with Gasteiger partial charge < -0.3 is 15.5 Å². The molecule has 0 saturated carbocycles. The van der Waals surface area contributed by atoms with E-state index in [0.29, 0.717) is 5.56 Å². The van der Waals surface area contributed by atoms with Gasteiger partial charge in [-0.05, 0) is 17.9 Å². The highest BCUT2D eigenvalue weighted by molar-refractivity contribution is 7.12. The van der Waals surface area contributed by atoms with E-state index in [1.165, 1.54) is 0 Å². The molecule has 8 heteroatoms. The number of aromatic hydroxyl groups is 1. The number of rotatable bonds is 3. The second-order valence-electron chi connectivity index (χ2n) is 4.00. The average Bonchev–Trinajstić information content (AvgIpc) is 2.70. The first-order chi connectivity index (χ1) is 9.38. The van der Waals surface area contributed by atoms with Crippen molar-refractivity contribution < 1.29 is 19.8 Å². The molecule has 0 unspecified atom stereocenters. The molecule has 0 atom stereocenters. The summed E-state index contributed by atoms with van der Waals surface area (Å²) in [5.74, 6) is -2.26. The molecule has 0 saturated heterocycles. The molecule has 0 aliphatic heterocycles. The van der Waals surface area contributed by atoms with Crippen molar-refractivity contribution in [2.45, 2.75) is 6.92 Å². The van der Waals surface area contributed by atoms with E-state index in [-0.39, 0.29) is 16.1 Å². The summed E-state index contributed by atoms with van der Waals surface area (Å²) in [7, 11) is 0. The van der Waals surface area contributed by atoms with Crippen LogP contribution >= 0.6 is 11.3 Å². The van der Waals surface area contributed by atoms with Gasteiger partial charge in [0.25, 0.3) is 11.5 Å². The van der Waals surface area contributed by atoms with Gasteiger partial charge in [-0.25, -0.2) is 4.79 Å². The van der Waals surface area contributed by atoms with Gasteiger partial charge in [-0.2, -0.15) is 0 Å². The van der Waals surface area contributed by atoms with E-state index < -0.39 is 23.3 Å². The SMILES string of the molecule is Cc1csc(C(=O)O)c1NC(=O)c1cc(O)[nH]c(=O)c1. The van der Waals surface area contributed by atoms with Crippen LogP contribution in [-0.2, 0) is 0 Å². The molecule has 104 valence electrons. The van der Waals surface area contributed by atoms with Gasteiger partial charge in [0.15, 0.2) is 5.88 Å². The third-order valence-corrected chi connectivity index (χ3v) is 3.59. The summed E-state index contributed by atoms with van der Waals surface area (Å²) in [6.07, 6.45) is 0. The molecule has 2 aromatic rings. The molecular formula is C12H10N2O5S. The zero-order valence-corrected chi connectivity index (χ0v) is 11.1. The largest absolute Gasteiger partial charge is 0.494 e. The van der Waals surface area contributed by atoms with Crippen molar-refractivity contribution in [3.05, 3.63) is 43.9 Å². The summed E-state index contributed by atoms with van der Waals surface area (Å²) in [6.45, 7) is 1.66. The first kappa shape index (κ1) is 13.8. The third kappa shape index (κ3) is 2.69. The Morgan fingerprint density at radius 1 is 1.35 bits per heavy atom. The van der Waals surface area contributed by atoms with Gasteiger partial charge in [0.1, 0.15) is 4.88 Å². The lowest BCUT2D eigenvalue weighted by Crippen LogP contribution is -2.17. The molecule has 0 radical (unpaired) electrons. The Kier molecular flexibility index (Phi) is 3.57. The lowest BCUT2D eigenvalue weighted by Gasteiger charge is -2.06. The van der Waals surface area contributed by atoms with Crippen LogP contribution < -0.4 is 10.9 Å². The van der Waals surface area contributed by atoms with Crippen molar-refractivity contribution in [1.29, 1.82) is 0 Å². The molecule has 2 rings (SSSR count). The molecule has 0 aliphatic carbocycles. The number of hydrogen-bond acceptors (Lipinski definition) is 5. The highest BCUT2D eigenvalue weighted by atomic mass is 32.1. The monoisotopic (exact) mass is 294 g/mol. The molecule has 2 aromatic heterocycles. The summed E-state index contributed by atoms with van der Waals surface area (Å²) in [6, 6.07) is 2.09. The number of aromatic carboxylic acids is 1. The normalized spacial score (nSPS) is 10.2. The van der Waals surface area contributed by atoms with Gasteiger partial charge in [0.2, 0.25) is 0 Å². The van der Waals surface area contributed by atoms with Crippen molar-refractivity contribution in [1.82, 2.24) is 4.98 Å². The number of H-pyrrole nitrogens is 1. The second-order valence-corrected chi connectivity index (χ2v) is 4.88. The van der Waals surface area contributed by atoms with E-state index in [1.54, 1.807) is 12.3 Å². The number of nitrogens with one attached hydrogen (secondary N) is 2. The van der Waals surface area contributed by atoms with Crippen molar-refractivity contribution in [2.75, 3.05) is 5.32 Å². The Hall–Kier alpha value is -2.61. The van der Waals surface area contributed by atoms with Crippen molar-refractivity contribution in [2.24, 2.45) is 0 Å². The highest BCUT2D eigenvalue weighted by Crippen LogP contribution is 2.28. The number of aromatic nitrogens is 1. The average molecular weight is 294 g/mol. The predicted octanol–water partition coefficient (Wildman–Crippen LogP) is 1.40. The fraction of sp³-hybridized carbons (Fsp3) is 0.0833. The summed E-state index contributed by atoms with van der Waals surface area (Å²) in [5, 5.41) is 22.3. The van der Waals surface area contributed by atoms with Crippen LogP contribution in [0.15, 0.2) is 22.3 Å². The van der Waals surface area contributed by atoms with Crippen molar-refractivity contribution in [3.63, 3.8) is 0 Å². The number of aryl methyl sites for hydroxylation is 1. The maximum Gasteiger partial charge on any atom is 0.348 e. The van der Waals surface area contributed by atoms with Crippen LogP contribution in [-0.4, -0.2) is 27.1 Å². The summed E-state index contributed by atoms with van der Waals surface area (Å²) < 4.78 is 0. The third-order valence-electron chi connectivity index (χ3n) is 2.50. The van der Waals surface area contributed by atoms with Gasteiger partial charge >= 0.3 is 5.97 Å². The molecule has 0 aliphatic rings. The number of carboxylic acid groups (broad SMARTS) is 1. The van der Waals surface area contributed by atoms with Crippen molar-refractivity contribution in [3.8, 4) is 5.88 Å². The summed E-state index contributed by atoms with van der Waals surface area (Å²) in [4.78, 5) is 36.3. The van der Waals surface area contributed by atoms with Crippen LogP contribution in [0.1, 0.15) is 25.6 Å². The Labute approximate surface area is 116 Å². The van der Waals surface area contributed by atoms with E-state index >= 15 is 0 Å². The molecule has 0 spiro atoms. The molecule has 20 heavy (non-hydrogen) atoms. The van der Waals surface area contributed by atoms with E-state index in [0.717, 1.165) is 23.5 Å². The Bertz CT molecular complexity index is 747. The van der Waals surface area contributed by atoms with Gasteiger partial charge in [-0.15, -0.1) is 11.3 Å². The number of anilines is 1. The van der Waals surface area contributed by atoms with E-state index in [4.69, 9.17) is 5.11 Å². The van der Waals surface area contributed by atoms with Crippen LogP contribution in [0.2, 0.25) is 0 Å². The minimum atomic E-state index is -1.15. The molecular weight excluding hydrogens is 284 g/mol. The number of pyridine rings is 1. The number of carbonyl (C=O) groups is 2. The number of amides is 1. The number of hydrogen-bond donors (Lipinski definition) is 4. The van der Waals surface area contributed by atoms with E-state index in [1.807, 2.05) is 0 Å². The van der Waals surface area contributed by atoms with Crippen LogP contribution in [0, 0.1) is 6.92 Å². The quantitative estimate of drug-likeness (QED) is 0.682. The maximum absolute atomic E-state index is 12.0. The smallest absolute Gasteiger partial charge is 0.348 e. The highest BCUT2D eigenvalue weighted by Gasteiger charge is 2.18. The minimum Gasteiger partial charge on any atom is -0.494 e. The summed E-state index contributed by atoms with van der Waals surface area (Å²) >= 11 is 0.996. The second kappa shape index (κ2) is 5.17. The first-order valence-electron chi connectivity index (χ1n) is 5.44. The van der Waals surface area contributed by atoms with Crippen LogP contribution in [0.25, 0.3) is 0 Å². The number of carbonyl (C=O) groups excluding carboxylic acids is 1. The van der Waals surface area contributed by atoms with E-state index in [2.05, 4.69) is 10.3 Å². The molecule has 0 fully saturated rings. The fourth-order valence-corrected chi connectivity index (χ4v) is 2.45. The number of thiophene rings is 1. The lowest BCUT2D eigenvalue weighted by atomic mass is 10.2. The molecule has 0 bridgehead atoms. The first-order valence-corrected chi connectivity index (χ1v) is 6.32. The van der Waals surface area contributed by atoms with Crippen molar-refractivity contribution >= 4 is 28.9 Å². The fourth-order valence-electron chi connectivity index (χ4n) is 1.60. The van der Waals surface area contributed by atoms with Gasteiger partial charge in [0, 0.05) is 12.1 Å². The topological polar surface area (TPSA) is 119 Å². The standard InChI is InChI=1S/C12H10N2O5S/c1-5-4-20-10(12(18)19)9(5)14-11(17)6-2-7(15)13-8(16)3-6/h2-4H,1H3,(H,14,17)(H,18,19)(H2,13,15,16). The Balaban J connectivity index is 2.35. The number of aromatic amines is 1. The molecule has 2 heterocycles. The van der Waals surface area contributed by atoms with Gasteiger partial charge in [-0.1, -0.05) is 0 Å². The zero-order chi connectivity index (χ0) is 14.9. The Morgan fingerprint density at radius 2 is 2.05 bits per heavy atom. The summed E-state index contributed by atoms with van der Waals surface area (Å²) in [5.41, 5.74) is 0.103. The molecule has 7 nitrogen and oxygen atoms in total. The Morgan fingerprint density at radius 3 is 2.65 bits per heavy atom. The van der Waals surface area contributed by atoms with Gasteiger partial charge in [-0.3, -0.25) is 14.6 Å². The zero-order valence-electron chi connectivity index (χ0n) is 10.3. The minimum absolute atomic E-state index is 0.00455. The molecule has 0 aromatic carbocycles. The van der Waals surface area contributed by atoms with E-state index in [9.17, 15) is 19.5 Å². The van der Waals surface area contributed by atoms with Crippen LogP contribution in [0.3, 0.4) is 0 Å². The predicted molar refractivity (Wildman–Crippen MR) is 72.7 cm³/mol. The van der Waals surface area contributed by atoms with Gasteiger partial charge in [0.05, 0.1) is 11.3 Å². The molecule has 1 amide bonds. The van der Waals surface area contributed by atoms with Crippen LogP contribution in [0.5, 0.6) is 5.88 Å². The molecule has 4 N–H and O–H groups in total. The lowest BCUT2D eigenvalue weighted by molar-refractivity contribution is 0.0703.